The van der Waals surface area contributed by atoms with E-state index < -0.39 is 4.92 Å². The van der Waals surface area contributed by atoms with Crippen LogP contribution in [0.25, 0.3) is 22.2 Å². The second kappa shape index (κ2) is 5.45. The molecule has 0 aliphatic heterocycles. The van der Waals surface area contributed by atoms with Gasteiger partial charge in [-0.3, -0.25) is 10.1 Å². The molecule has 0 saturated heterocycles. The lowest BCUT2D eigenvalue weighted by atomic mass is 10.1. The Morgan fingerprint density at radius 3 is 2.82 bits per heavy atom. The van der Waals surface area contributed by atoms with Crippen LogP contribution in [-0.4, -0.2) is 16.6 Å². The summed E-state index contributed by atoms with van der Waals surface area (Å²) >= 11 is 0. The third-order valence-corrected chi connectivity index (χ3v) is 3.44. The lowest BCUT2D eigenvalue weighted by Gasteiger charge is -2.02. The molecule has 0 aliphatic rings. The van der Waals surface area contributed by atoms with E-state index in [1.807, 2.05) is 0 Å². The Morgan fingerprint density at radius 1 is 1.32 bits per heavy atom. The first-order chi connectivity index (χ1) is 10.6. The Morgan fingerprint density at radius 2 is 2.14 bits per heavy atom. The number of fused-ring (bicyclic) bond motifs is 1. The Labute approximate surface area is 125 Å². The number of hydrogen-bond donors (Lipinski definition) is 0. The van der Waals surface area contributed by atoms with Crippen LogP contribution >= 0.6 is 0 Å². The molecule has 0 bridgehead atoms. The zero-order valence-electron chi connectivity index (χ0n) is 11.8. The van der Waals surface area contributed by atoms with Gasteiger partial charge in [0.2, 0.25) is 5.69 Å². The summed E-state index contributed by atoms with van der Waals surface area (Å²) in [6.45, 7) is 0.292. The number of methoxy groups -OCH3 is 1. The van der Waals surface area contributed by atoms with E-state index in [1.54, 1.807) is 42.1 Å². The van der Waals surface area contributed by atoms with Gasteiger partial charge in [0.05, 0.1) is 16.0 Å². The largest absolute Gasteiger partial charge is 0.618 e. The smallest absolute Gasteiger partial charge is 0.270 e. The van der Waals surface area contributed by atoms with Gasteiger partial charge in [-0.25, -0.2) is 0 Å². The first-order valence-electron chi connectivity index (χ1n) is 6.56. The van der Waals surface area contributed by atoms with Crippen molar-refractivity contribution in [3.63, 3.8) is 0 Å². The number of hydrogen-bond acceptors (Lipinski definition) is 4. The Kier molecular flexibility index (Phi) is 3.48. The molecule has 3 aromatic rings. The van der Waals surface area contributed by atoms with Crippen LogP contribution in [0.5, 0.6) is 0 Å². The van der Waals surface area contributed by atoms with Gasteiger partial charge in [0.25, 0.3) is 5.69 Å². The number of nitro groups is 1. The van der Waals surface area contributed by atoms with Gasteiger partial charge in [-0.05, 0) is 12.1 Å². The third kappa shape index (κ3) is 2.27. The fourth-order valence-electron chi connectivity index (χ4n) is 2.49. The van der Waals surface area contributed by atoms with E-state index in [0.717, 1.165) is 10.2 Å². The lowest BCUT2D eigenvalue weighted by molar-refractivity contribution is -0.593. The maximum absolute atomic E-state index is 12.0. The minimum Gasteiger partial charge on any atom is -0.618 e. The molecule has 7 nitrogen and oxygen atoms in total. The highest BCUT2D eigenvalue weighted by Gasteiger charge is 2.18. The van der Waals surface area contributed by atoms with Crippen LogP contribution in [0, 0.1) is 15.3 Å². The van der Waals surface area contributed by atoms with Crippen LogP contribution in [0.3, 0.4) is 0 Å². The van der Waals surface area contributed by atoms with Crippen LogP contribution in [0.15, 0.2) is 48.8 Å². The molecular formula is C15H13N3O4. The van der Waals surface area contributed by atoms with Gasteiger partial charge in [-0.1, -0.05) is 0 Å². The van der Waals surface area contributed by atoms with Crippen LogP contribution < -0.4 is 4.73 Å². The number of non-ortho nitro benzene ring substituents is 1. The standard InChI is InChI=1S/C15H13N3O4/c1-22-10-16-9-13(15-4-2-3-7-17(15)19)12-8-11(18(20)21)5-6-14(12)16/h2-9H,10H2,1H3. The fraction of sp³-hybridized carbons (Fsp3) is 0.133. The van der Waals surface area contributed by atoms with Crippen molar-refractivity contribution >= 4 is 16.6 Å². The molecule has 0 unspecified atom stereocenters. The van der Waals surface area contributed by atoms with E-state index in [0.29, 0.717) is 23.4 Å². The monoisotopic (exact) mass is 299 g/mol. The number of rotatable bonds is 4. The Bertz CT molecular complexity index is 857. The third-order valence-electron chi connectivity index (χ3n) is 3.44. The predicted molar refractivity (Wildman–Crippen MR) is 80.0 cm³/mol. The van der Waals surface area contributed by atoms with Crippen molar-refractivity contribution in [3.05, 3.63) is 64.1 Å². The van der Waals surface area contributed by atoms with E-state index >= 15 is 0 Å². The summed E-state index contributed by atoms with van der Waals surface area (Å²) in [5.41, 5.74) is 1.82. The number of nitro benzene ring substituents is 1. The van der Waals surface area contributed by atoms with Crippen molar-refractivity contribution in [3.8, 4) is 11.3 Å². The molecule has 0 atom stereocenters. The second-order valence-corrected chi connectivity index (χ2v) is 4.80. The molecule has 2 heterocycles. The normalized spacial score (nSPS) is 11.0. The van der Waals surface area contributed by atoms with Crippen molar-refractivity contribution in [2.75, 3.05) is 7.11 Å². The maximum Gasteiger partial charge on any atom is 0.270 e. The maximum atomic E-state index is 12.0. The van der Waals surface area contributed by atoms with Crippen molar-refractivity contribution in [1.29, 1.82) is 0 Å². The van der Waals surface area contributed by atoms with E-state index in [-0.39, 0.29) is 5.69 Å². The molecule has 112 valence electrons. The topological polar surface area (TPSA) is 84.2 Å². The van der Waals surface area contributed by atoms with E-state index in [9.17, 15) is 15.3 Å². The summed E-state index contributed by atoms with van der Waals surface area (Å²) in [5.74, 6) is 0. The predicted octanol–water partition coefficient (Wildman–Crippen LogP) is 2.45. The van der Waals surface area contributed by atoms with Gasteiger partial charge in [-0.15, -0.1) is 0 Å². The molecule has 0 N–H and O–H groups in total. The first kappa shape index (κ1) is 14.0. The molecule has 0 amide bonds. The average molecular weight is 299 g/mol. The molecule has 0 spiro atoms. The molecular weight excluding hydrogens is 286 g/mol. The minimum atomic E-state index is -0.451. The first-order valence-corrected chi connectivity index (χ1v) is 6.56. The van der Waals surface area contributed by atoms with Crippen molar-refractivity contribution in [1.82, 2.24) is 4.57 Å². The van der Waals surface area contributed by atoms with Crippen LogP contribution in [0.4, 0.5) is 5.69 Å². The number of benzene rings is 1. The Balaban J connectivity index is 2.30. The highest BCUT2D eigenvalue weighted by molar-refractivity contribution is 5.96. The molecule has 3 rings (SSSR count). The Hall–Kier alpha value is -2.93. The zero-order valence-corrected chi connectivity index (χ0v) is 11.8. The summed E-state index contributed by atoms with van der Waals surface area (Å²) in [7, 11) is 1.56. The average Bonchev–Trinajstić information content (AvgIpc) is 2.86. The van der Waals surface area contributed by atoms with E-state index in [4.69, 9.17) is 4.74 Å². The number of ether oxygens (including phenoxy) is 1. The van der Waals surface area contributed by atoms with E-state index in [1.165, 1.54) is 18.3 Å². The molecule has 22 heavy (non-hydrogen) atoms. The molecule has 1 aromatic carbocycles. The number of nitrogens with zero attached hydrogens (tertiary/aromatic N) is 3. The van der Waals surface area contributed by atoms with Crippen molar-refractivity contribution < 1.29 is 14.4 Å². The van der Waals surface area contributed by atoms with Gasteiger partial charge in [0.1, 0.15) is 6.73 Å². The summed E-state index contributed by atoms with van der Waals surface area (Å²) in [4.78, 5) is 10.5. The molecule has 7 heteroatoms. The molecule has 2 aromatic heterocycles. The van der Waals surface area contributed by atoms with Gasteiger partial charge in [-0.2, -0.15) is 4.73 Å². The highest BCUT2D eigenvalue weighted by Crippen LogP contribution is 2.31. The van der Waals surface area contributed by atoms with Gasteiger partial charge >= 0.3 is 0 Å². The summed E-state index contributed by atoms with van der Waals surface area (Å²) in [6.07, 6.45) is 3.16. The van der Waals surface area contributed by atoms with Crippen LogP contribution in [0.1, 0.15) is 0 Å². The van der Waals surface area contributed by atoms with Crippen LogP contribution in [0.2, 0.25) is 0 Å². The van der Waals surface area contributed by atoms with Gasteiger partial charge in [0.15, 0.2) is 6.20 Å². The summed E-state index contributed by atoms with van der Waals surface area (Å²) < 4.78 is 7.69. The molecule has 0 radical (unpaired) electrons. The highest BCUT2D eigenvalue weighted by atomic mass is 16.6. The summed E-state index contributed by atoms with van der Waals surface area (Å²) in [6, 6.07) is 9.64. The van der Waals surface area contributed by atoms with Gasteiger partial charge in [0, 0.05) is 43.0 Å². The number of aromatic nitrogens is 2. The minimum absolute atomic E-state index is 0.0164. The SMILES string of the molecule is COCn1cc(-c2cccc[n+]2[O-])c2cc([N+](=O)[O-])ccc21. The van der Waals surface area contributed by atoms with Crippen LogP contribution in [-0.2, 0) is 11.5 Å². The zero-order chi connectivity index (χ0) is 15.7. The fourth-order valence-corrected chi connectivity index (χ4v) is 2.49. The quantitative estimate of drug-likeness (QED) is 0.320. The van der Waals surface area contributed by atoms with Crippen molar-refractivity contribution in [2.24, 2.45) is 0 Å². The van der Waals surface area contributed by atoms with Crippen molar-refractivity contribution in [2.45, 2.75) is 6.73 Å². The molecule has 0 saturated carbocycles. The molecule has 0 aliphatic carbocycles. The summed E-state index contributed by atoms with van der Waals surface area (Å²) in [5, 5.41) is 23.6. The molecule has 0 fully saturated rings. The second-order valence-electron chi connectivity index (χ2n) is 4.80. The van der Waals surface area contributed by atoms with Gasteiger partial charge < -0.3 is 14.5 Å². The van der Waals surface area contributed by atoms with E-state index in [2.05, 4.69) is 0 Å². The lowest BCUT2D eigenvalue weighted by Crippen LogP contribution is -2.27. The number of pyridine rings is 1.